The molecule has 7 nitrogen and oxygen atoms in total. The van der Waals surface area contributed by atoms with Crippen molar-refractivity contribution in [1.82, 2.24) is 10.7 Å². The average molecular weight is 341 g/mol. The minimum Gasteiger partial charge on any atom is -0.497 e. The Kier molecular flexibility index (Phi) is 6.53. The van der Waals surface area contributed by atoms with Gasteiger partial charge in [-0.15, -0.1) is 0 Å². The van der Waals surface area contributed by atoms with Gasteiger partial charge in [-0.2, -0.15) is 5.10 Å². The Bertz CT molecular complexity index is 738. The third-order valence-corrected chi connectivity index (χ3v) is 3.23. The van der Waals surface area contributed by atoms with Crippen molar-refractivity contribution >= 4 is 18.0 Å². The number of rotatable bonds is 7. The van der Waals surface area contributed by atoms with Crippen LogP contribution in [0.25, 0.3) is 0 Å². The molecule has 0 aliphatic heterocycles. The van der Waals surface area contributed by atoms with Crippen LogP contribution in [0.2, 0.25) is 0 Å². The number of hydrazone groups is 1. The van der Waals surface area contributed by atoms with Crippen LogP contribution in [0.15, 0.2) is 53.6 Å². The smallest absolute Gasteiger partial charge is 0.259 e. The van der Waals surface area contributed by atoms with Crippen LogP contribution in [0.3, 0.4) is 0 Å². The van der Waals surface area contributed by atoms with Gasteiger partial charge in [0.1, 0.15) is 11.5 Å². The molecule has 0 aromatic heterocycles. The highest BCUT2D eigenvalue weighted by atomic mass is 16.5. The first-order valence-electron chi connectivity index (χ1n) is 7.50. The molecule has 0 aliphatic rings. The highest BCUT2D eigenvalue weighted by Crippen LogP contribution is 2.22. The van der Waals surface area contributed by atoms with E-state index in [-0.39, 0.29) is 6.54 Å². The molecule has 0 atom stereocenters. The van der Waals surface area contributed by atoms with E-state index >= 15 is 0 Å². The van der Waals surface area contributed by atoms with Gasteiger partial charge < -0.3 is 14.8 Å². The van der Waals surface area contributed by atoms with Gasteiger partial charge in [-0.3, -0.25) is 9.59 Å². The summed E-state index contributed by atoms with van der Waals surface area (Å²) in [4.78, 5) is 23.9. The van der Waals surface area contributed by atoms with Gasteiger partial charge in [0.15, 0.2) is 0 Å². The van der Waals surface area contributed by atoms with Crippen LogP contribution in [-0.4, -0.2) is 38.8 Å². The zero-order chi connectivity index (χ0) is 18.1. The number of amides is 2. The van der Waals surface area contributed by atoms with Gasteiger partial charge in [0.25, 0.3) is 11.8 Å². The molecule has 2 rings (SSSR count). The van der Waals surface area contributed by atoms with Gasteiger partial charge in [-0.1, -0.05) is 30.3 Å². The summed E-state index contributed by atoms with van der Waals surface area (Å²) in [6.45, 7) is -0.204. The Morgan fingerprint density at radius 3 is 2.28 bits per heavy atom. The minimum absolute atomic E-state index is 0.204. The number of hydrogen-bond donors (Lipinski definition) is 2. The van der Waals surface area contributed by atoms with E-state index in [1.807, 2.05) is 30.3 Å². The first-order valence-corrected chi connectivity index (χ1v) is 7.50. The standard InChI is InChI=1S/C18H19N3O4/c1-24-15-8-14(9-16(10-15)25-2)18(23)19-12-17(22)21-20-11-13-6-4-3-5-7-13/h3-11H,12H2,1-2H3,(H,19,23)(H,21,22)/b20-11-. The van der Waals surface area contributed by atoms with E-state index < -0.39 is 11.8 Å². The normalized spacial score (nSPS) is 10.3. The van der Waals surface area contributed by atoms with Crippen LogP contribution in [0, 0.1) is 0 Å². The Morgan fingerprint density at radius 2 is 1.68 bits per heavy atom. The zero-order valence-electron chi connectivity index (χ0n) is 14.0. The molecular formula is C18H19N3O4. The van der Waals surface area contributed by atoms with E-state index in [0.717, 1.165) is 5.56 Å². The molecule has 2 aromatic rings. The molecule has 7 heteroatoms. The Balaban J connectivity index is 1.87. The van der Waals surface area contributed by atoms with Crippen molar-refractivity contribution in [3.63, 3.8) is 0 Å². The molecule has 0 fully saturated rings. The monoisotopic (exact) mass is 341 g/mol. The van der Waals surface area contributed by atoms with Crippen molar-refractivity contribution in [3.8, 4) is 11.5 Å². The van der Waals surface area contributed by atoms with Crippen molar-refractivity contribution in [2.75, 3.05) is 20.8 Å². The molecule has 0 bridgehead atoms. The molecule has 0 spiro atoms. The Hall–Kier alpha value is -3.35. The summed E-state index contributed by atoms with van der Waals surface area (Å²) in [5.74, 6) is 0.123. The third-order valence-electron chi connectivity index (χ3n) is 3.23. The lowest BCUT2D eigenvalue weighted by Crippen LogP contribution is -2.34. The first kappa shape index (κ1) is 18.0. The number of nitrogens with zero attached hydrogens (tertiary/aromatic N) is 1. The fourth-order valence-electron chi connectivity index (χ4n) is 1.96. The topological polar surface area (TPSA) is 89.0 Å². The molecule has 0 saturated heterocycles. The summed E-state index contributed by atoms with van der Waals surface area (Å²) < 4.78 is 10.2. The molecule has 130 valence electrons. The van der Waals surface area contributed by atoms with Crippen molar-refractivity contribution in [2.45, 2.75) is 0 Å². The molecule has 2 N–H and O–H groups in total. The highest BCUT2D eigenvalue weighted by molar-refractivity contribution is 5.97. The highest BCUT2D eigenvalue weighted by Gasteiger charge is 2.11. The van der Waals surface area contributed by atoms with Gasteiger partial charge in [-0.05, 0) is 17.7 Å². The maximum absolute atomic E-state index is 12.1. The summed E-state index contributed by atoms with van der Waals surface area (Å²) in [6, 6.07) is 14.1. The summed E-state index contributed by atoms with van der Waals surface area (Å²) in [5.41, 5.74) is 3.54. The average Bonchev–Trinajstić information content (AvgIpc) is 2.66. The van der Waals surface area contributed by atoms with Gasteiger partial charge >= 0.3 is 0 Å². The van der Waals surface area contributed by atoms with Crippen molar-refractivity contribution in [1.29, 1.82) is 0 Å². The number of nitrogens with one attached hydrogen (secondary N) is 2. The second kappa shape index (κ2) is 9.07. The van der Waals surface area contributed by atoms with E-state index in [9.17, 15) is 9.59 Å². The number of benzene rings is 2. The molecular weight excluding hydrogens is 322 g/mol. The molecule has 0 saturated carbocycles. The zero-order valence-corrected chi connectivity index (χ0v) is 14.0. The maximum atomic E-state index is 12.1. The van der Waals surface area contributed by atoms with E-state index in [0.29, 0.717) is 17.1 Å². The molecule has 0 unspecified atom stereocenters. The first-order chi connectivity index (χ1) is 12.1. The van der Waals surface area contributed by atoms with Crippen molar-refractivity contribution in [3.05, 3.63) is 59.7 Å². The molecule has 0 radical (unpaired) electrons. The van der Waals surface area contributed by atoms with Crippen LogP contribution >= 0.6 is 0 Å². The van der Waals surface area contributed by atoms with Crippen molar-refractivity contribution in [2.24, 2.45) is 5.10 Å². The van der Waals surface area contributed by atoms with Crippen LogP contribution in [-0.2, 0) is 4.79 Å². The van der Waals surface area contributed by atoms with Crippen LogP contribution in [0.1, 0.15) is 15.9 Å². The molecule has 2 amide bonds. The minimum atomic E-state index is -0.435. The third kappa shape index (κ3) is 5.65. The number of carbonyl (C=O) groups is 2. The number of hydrogen-bond acceptors (Lipinski definition) is 5. The number of ether oxygens (including phenoxy) is 2. The van der Waals surface area contributed by atoms with E-state index in [2.05, 4.69) is 15.8 Å². The fraction of sp³-hybridized carbons (Fsp3) is 0.167. The SMILES string of the molecule is COc1cc(OC)cc(C(=O)NCC(=O)N/N=C\c2ccccc2)c1. The van der Waals surface area contributed by atoms with Gasteiger partial charge in [0, 0.05) is 11.6 Å². The van der Waals surface area contributed by atoms with Crippen LogP contribution in [0.4, 0.5) is 0 Å². The molecule has 0 heterocycles. The van der Waals surface area contributed by atoms with E-state index in [1.165, 1.54) is 20.4 Å². The lowest BCUT2D eigenvalue weighted by molar-refractivity contribution is -0.120. The Labute approximate surface area is 145 Å². The maximum Gasteiger partial charge on any atom is 0.259 e. The fourth-order valence-corrected chi connectivity index (χ4v) is 1.96. The predicted molar refractivity (Wildman–Crippen MR) is 94.1 cm³/mol. The number of carbonyl (C=O) groups excluding carboxylic acids is 2. The Morgan fingerprint density at radius 1 is 1.04 bits per heavy atom. The second-order valence-corrected chi connectivity index (χ2v) is 4.99. The van der Waals surface area contributed by atoms with Gasteiger partial charge in [-0.25, -0.2) is 5.43 Å². The number of methoxy groups -OCH3 is 2. The van der Waals surface area contributed by atoms with E-state index in [1.54, 1.807) is 18.2 Å². The summed E-state index contributed by atoms with van der Waals surface area (Å²) >= 11 is 0. The van der Waals surface area contributed by atoms with Crippen molar-refractivity contribution < 1.29 is 19.1 Å². The second-order valence-electron chi connectivity index (χ2n) is 4.99. The lowest BCUT2D eigenvalue weighted by Gasteiger charge is -2.08. The molecule has 2 aromatic carbocycles. The van der Waals surface area contributed by atoms with Gasteiger partial charge in [0.2, 0.25) is 0 Å². The van der Waals surface area contributed by atoms with Gasteiger partial charge in [0.05, 0.1) is 27.0 Å². The molecule has 0 aliphatic carbocycles. The van der Waals surface area contributed by atoms with Crippen LogP contribution < -0.4 is 20.2 Å². The summed E-state index contributed by atoms with van der Waals surface area (Å²) in [5, 5.41) is 6.35. The summed E-state index contributed by atoms with van der Waals surface area (Å²) in [7, 11) is 2.99. The summed E-state index contributed by atoms with van der Waals surface area (Å²) in [6.07, 6.45) is 1.52. The van der Waals surface area contributed by atoms with Crippen LogP contribution in [0.5, 0.6) is 11.5 Å². The van der Waals surface area contributed by atoms with E-state index in [4.69, 9.17) is 9.47 Å². The lowest BCUT2D eigenvalue weighted by atomic mass is 10.2. The predicted octanol–water partition coefficient (Wildman–Crippen LogP) is 1.58. The molecule has 25 heavy (non-hydrogen) atoms. The quantitative estimate of drug-likeness (QED) is 0.591. The largest absolute Gasteiger partial charge is 0.497 e.